The molecule has 110 valence electrons. The van der Waals surface area contributed by atoms with Crippen LogP contribution in [0.5, 0.6) is 0 Å². The van der Waals surface area contributed by atoms with E-state index in [9.17, 15) is 27.9 Å². The zero-order chi connectivity index (χ0) is 15.1. The third-order valence-electron chi connectivity index (χ3n) is 3.09. The Morgan fingerprint density at radius 2 is 2.15 bits per heavy atom. The summed E-state index contributed by atoms with van der Waals surface area (Å²) in [6, 6.07) is 0.666. The molecular formula is C11H11F3N2O3S. The van der Waals surface area contributed by atoms with Crippen molar-refractivity contribution < 1.29 is 27.9 Å². The van der Waals surface area contributed by atoms with Gasteiger partial charge in [-0.25, -0.2) is 4.79 Å². The molecule has 0 bridgehead atoms. The molecule has 3 N–H and O–H groups in total. The summed E-state index contributed by atoms with van der Waals surface area (Å²) in [5.74, 6) is -2.74. The summed E-state index contributed by atoms with van der Waals surface area (Å²) in [4.78, 5) is 23.4. The summed E-state index contributed by atoms with van der Waals surface area (Å²) in [6.45, 7) is 0.946. The lowest BCUT2D eigenvalue weighted by molar-refractivity contribution is -0.290. The summed E-state index contributed by atoms with van der Waals surface area (Å²) in [7, 11) is 0. The molecule has 1 fully saturated rings. The second-order valence-corrected chi connectivity index (χ2v) is 5.42. The van der Waals surface area contributed by atoms with Crippen molar-refractivity contribution in [1.82, 2.24) is 10.6 Å². The predicted octanol–water partition coefficient (Wildman–Crippen LogP) is 1.56. The molecule has 1 aromatic rings. The molecule has 0 saturated carbocycles. The standard InChI is InChI=1S/C11H11F3N2O3S/c1-5(17)7-8(6-3-2-4-20-6)15-9(18)16-10(7,19)11(12,13)14/h2-4,7-8,19H,1H3,(H2,15,16,18)/t7-,8+,10+/m0/s1. The van der Waals surface area contributed by atoms with Crippen LogP contribution >= 0.6 is 11.3 Å². The van der Waals surface area contributed by atoms with Crippen molar-refractivity contribution in [3.63, 3.8) is 0 Å². The molecule has 9 heteroatoms. The fourth-order valence-electron chi connectivity index (χ4n) is 2.23. The van der Waals surface area contributed by atoms with Crippen LogP contribution in [0.4, 0.5) is 18.0 Å². The van der Waals surface area contributed by atoms with Gasteiger partial charge in [-0.2, -0.15) is 13.2 Å². The van der Waals surface area contributed by atoms with E-state index >= 15 is 0 Å². The van der Waals surface area contributed by atoms with E-state index in [1.165, 1.54) is 11.4 Å². The second kappa shape index (κ2) is 4.74. The first kappa shape index (κ1) is 14.8. The van der Waals surface area contributed by atoms with E-state index < -0.39 is 35.7 Å². The topological polar surface area (TPSA) is 78.4 Å². The second-order valence-electron chi connectivity index (χ2n) is 4.44. The summed E-state index contributed by atoms with van der Waals surface area (Å²) in [6.07, 6.45) is -5.17. The SMILES string of the molecule is CC(=O)[C@H]1[C@@H](c2cccs2)NC(=O)N[C@]1(O)C(F)(F)F. The Bertz CT molecular complexity index is 532. The number of ketones is 1. The molecule has 1 aliphatic rings. The molecule has 2 heterocycles. The Hall–Kier alpha value is -1.61. The smallest absolute Gasteiger partial charge is 0.363 e. The van der Waals surface area contributed by atoms with Crippen LogP contribution in [0.15, 0.2) is 17.5 Å². The van der Waals surface area contributed by atoms with E-state index in [1.54, 1.807) is 11.4 Å². The zero-order valence-electron chi connectivity index (χ0n) is 10.2. The van der Waals surface area contributed by atoms with Crippen molar-refractivity contribution in [1.29, 1.82) is 0 Å². The van der Waals surface area contributed by atoms with E-state index in [0.717, 1.165) is 18.3 Å². The highest BCUT2D eigenvalue weighted by Gasteiger charge is 2.65. The van der Waals surface area contributed by atoms with Crippen LogP contribution in [-0.4, -0.2) is 28.8 Å². The predicted molar refractivity (Wildman–Crippen MR) is 63.9 cm³/mol. The molecular weight excluding hydrogens is 297 g/mol. The molecule has 2 rings (SSSR count). The molecule has 5 nitrogen and oxygen atoms in total. The van der Waals surface area contributed by atoms with Gasteiger partial charge in [0.25, 0.3) is 0 Å². The average molecular weight is 308 g/mol. The molecule has 3 atom stereocenters. The van der Waals surface area contributed by atoms with Gasteiger partial charge in [-0.15, -0.1) is 11.3 Å². The minimum Gasteiger partial charge on any atom is -0.363 e. The van der Waals surface area contributed by atoms with Crippen LogP contribution in [0, 0.1) is 5.92 Å². The monoisotopic (exact) mass is 308 g/mol. The number of thiophene rings is 1. The van der Waals surface area contributed by atoms with Gasteiger partial charge in [-0.3, -0.25) is 4.79 Å². The Morgan fingerprint density at radius 1 is 1.50 bits per heavy atom. The highest BCUT2D eigenvalue weighted by molar-refractivity contribution is 7.10. The third-order valence-corrected chi connectivity index (χ3v) is 4.05. The van der Waals surface area contributed by atoms with Gasteiger partial charge < -0.3 is 15.7 Å². The molecule has 0 unspecified atom stereocenters. The number of rotatable bonds is 2. The van der Waals surface area contributed by atoms with Crippen LogP contribution in [-0.2, 0) is 4.79 Å². The Morgan fingerprint density at radius 3 is 2.60 bits per heavy atom. The van der Waals surface area contributed by atoms with Gasteiger partial charge >= 0.3 is 12.2 Å². The van der Waals surface area contributed by atoms with Gasteiger partial charge in [-0.1, -0.05) is 6.07 Å². The molecule has 0 aliphatic carbocycles. The molecule has 2 amide bonds. The molecule has 0 spiro atoms. The minimum atomic E-state index is -5.17. The summed E-state index contributed by atoms with van der Waals surface area (Å²) in [5, 5.41) is 15.1. The lowest BCUT2D eigenvalue weighted by atomic mass is 9.82. The van der Waals surface area contributed by atoms with Crippen LogP contribution in [0.3, 0.4) is 0 Å². The number of hydrogen-bond donors (Lipinski definition) is 3. The largest absolute Gasteiger partial charge is 0.437 e. The fraction of sp³-hybridized carbons (Fsp3) is 0.455. The molecule has 20 heavy (non-hydrogen) atoms. The summed E-state index contributed by atoms with van der Waals surface area (Å²) < 4.78 is 39.2. The van der Waals surface area contributed by atoms with E-state index in [1.807, 2.05) is 0 Å². The quantitative estimate of drug-likeness (QED) is 0.776. The van der Waals surface area contributed by atoms with Crippen LogP contribution in [0.1, 0.15) is 17.8 Å². The summed E-state index contributed by atoms with van der Waals surface area (Å²) >= 11 is 1.09. The number of halogens is 3. The van der Waals surface area contributed by atoms with Crippen molar-refractivity contribution in [3.8, 4) is 0 Å². The number of carbonyl (C=O) groups excluding carboxylic acids is 2. The molecule has 1 aliphatic heterocycles. The maximum Gasteiger partial charge on any atom is 0.437 e. The minimum absolute atomic E-state index is 0.364. The maximum atomic E-state index is 13.1. The van der Waals surface area contributed by atoms with E-state index in [0.29, 0.717) is 4.88 Å². The zero-order valence-corrected chi connectivity index (χ0v) is 11.0. The number of alkyl halides is 3. The number of nitrogens with one attached hydrogen (secondary N) is 2. The average Bonchev–Trinajstić information content (AvgIpc) is 2.78. The normalized spacial score (nSPS) is 30.6. The lowest BCUT2D eigenvalue weighted by Gasteiger charge is -2.44. The summed E-state index contributed by atoms with van der Waals surface area (Å²) in [5.41, 5.74) is -3.59. The highest BCUT2D eigenvalue weighted by atomic mass is 32.1. The van der Waals surface area contributed by atoms with Gasteiger partial charge in [0.2, 0.25) is 5.72 Å². The maximum absolute atomic E-state index is 13.1. The van der Waals surface area contributed by atoms with Crippen LogP contribution in [0.2, 0.25) is 0 Å². The number of urea groups is 1. The number of carbonyl (C=O) groups is 2. The number of aliphatic hydroxyl groups is 1. The van der Waals surface area contributed by atoms with Crippen LogP contribution in [0.25, 0.3) is 0 Å². The third kappa shape index (κ3) is 2.27. The highest BCUT2D eigenvalue weighted by Crippen LogP contribution is 2.43. The van der Waals surface area contributed by atoms with E-state index in [4.69, 9.17) is 0 Å². The van der Waals surface area contributed by atoms with Crippen molar-refractivity contribution in [2.75, 3.05) is 0 Å². The van der Waals surface area contributed by atoms with Crippen LogP contribution < -0.4 is 10.6 Å². The van der Waals surface area contributed by atoms with Gasteiger partial charge in [0, 0.05) is 4.88 Å². The molecule has 0 radical (unpaired) electrons. The Kier molecular flexibility index (Phi) is 3.51. The number of hydrogen-bond acceptors (Lipinski definition) is 4. The fourth-order valence-corrected chi connectivity index (χ4v) is 3.05. The molecule has 1 aromatic heterocycles. The number of Topliss-reactive ketones (excluding diaryl/α,β-unsaturated/α-hetero) is 1. The van der Waals surface area contributed by atoms with Gasteiger partial charge in [0.15, 0.2) is 0 Å². The van der Waals surface area contributed by atoms with Gasteiger partial charge in [-0.05, 0) is 18.4 Å². The van der Waals surface area contributed by atoms with E-state index in [2.05, 4.69) is 5.32 Å². The van der Waals surface area contributed by atoms with Gasteiger partial charge in [0.05, 0.1) is 12.0 Å². The van der Waals surface area contributed by atoms with Crippen molar-refractivity contribution in [2.45, 2.75) is 24.9 Å². The van der Waals surface area contributed by atoms with Crippen molar-refractivity contribution in [3.05, 3.63) is 22.4 Å². The Labute approximate surface area is 115 Å². The first-order valence-electron chi connectivity index (χ1n) is 5.58. The number of amides is 2. The van der Waals surface area contributed by atoms with Crippen molar-refractivity contribution >= 4 is 23.2 Å². The molecule has 1 saturated heterocycles. The Balaban J connectivity index is 2.52. The first-order valence-corrected chi connectivity index (χ1v) is 6.46. The molecule has 0 aromatic carbocycles. The van der Waals surface area contributed by atoms with Crippen molar-refractivity contribution in [2.24, 2.45) is 5.92 Å². The van der Waals surface area contributed by atoms with Gasteiger partial charge in [0.1, 0.15) is 5.78 Å². The lowest BCUT2D eigenvalue weighted by Crippen LogP contribution is -2.72. The van der Waals surface area contributed by atoms with E-state index in [-0.39, 0.29) is 0 Å². The first-order chi connectivity index (χ1) is 9.17.